The molecule has 5 nitrogen and oxygen atoms in total. The number of anilines is 1. The van der Waals surface area contributed by atoms with Crippen molar-refractivity contribution in [2.45, 2.75) is 0 Å². The molecular formula is C14H12ClN3O2. The molecule has 1 aromatic heterocycles. The zero-order valence-corrected chi connectivity index (χ0v) is 11.4. The lowest BCUT2D eigenvalue weighted by Crippen LogP contribution is -1.93. The first-order valence-electron chi connectivity index (χ1n) is 5.90. The summed E-state index contributed by atoms with van der Waals surface area (Å²) in [6, 6.07) is 8.28. The van der Waals surface area contributed by atoms with Gasteiger partial charge in [-0.2, -0.15) is 0 Å². The van der Waals surface area contributed by atoms with Crippen molar-refractivity contribution in [3.05, 3.63) is 35.4 Å². The number of fused-ring (bicyclic) bond motifs is 1. The Morgan fingerprint density at radius 1 is 1.30 bits per heavy atom. The topological polar surface area (TPSA) is 84.2 Å². The molecule has 0 aliphatic heterocycles. The number of nitrogens with zero attached hydrogens (tertiary/aromatic N) is 1. The number of nitrogens with one attached hydrogen (secondary N) is 1. The summed E-state index contributed by atoms with van der Waals surface area (Å²) in [5.41, 5.74) is 8.39. The van der Waals surface area contributed by atoms with Crippen LogP contribution in [0.5, 0.6) is 11.5 Å². The van der Waals surface area contributed by atoms with E-state index in [9.17, 15) is 5.11 Å². The number of hydrogen-bond acceptors (Lipinski definition) is 4. The summed E-state index contributed by atoms with van der Waals surface area (Å²) in [6.45, 7) is 0. The molecule has 102 valence electrons. The van der Waals surface area contributed by atoms with Gasteiger partial charge in [-0.25, -0.2) is 4.98 Å². The summed E-state index contributed by atoms with van der Waals surface area (Å²) in [4.78, 5) is 7.58. The van der Waals surface area contributed by atoms with E-state index in [-0.39, 0.29) is 5.75 Å². The van der Waals surface area contributed by atoms with Gasteiger partial charge < -0.3 is 20.6 Å². The number of halogens is 1. The molecule has 0 amide bonds. The first-order chi connectivity index (χ1) is 9.58. The maximum Gasteiger partial charge on any atom is 0.142 e. The smallest absolute Gasteiger partial charge is 0.142 e. The van der Waals surface area contributed by atoms with Gasteiger partial charge in [-0.3, -0.25) is 0 Å². The molecule has 0 aliphatic carbocycles. The Hall–Kier alpha value is -2.40. The molecule has 3 rings (SSSR count). The number of hydrogen-bond donors (Lipinski definition) is 3. The summed E-state index contributed by atoms with van der Waals surface area (Å²) < 4.78 is 5.31. The van der Waals surface area contributed by atoms with E-state index in [0.717, 1.165) is 11.0 Å². The fourth-order valence-electron chi connectivity index (χ4n) is 2.05. The summed E-state index contributed by atoms with van der Waals surface area (Å²) in [6.07, 6.45) is 0. The lowest BCUT2D eigenvalue weighted by Gasteiger charge is -2.08. The van der Waals surface area contributed by atoms with Gasteiger partial charge in [0.05, 0.1) is 34.4 Å². The van der Waals surface area contributed by atoms with E-state index in [2.05, 4.69) is 9.97 Å². The van der Waals surface area contributed by atoms with Crippen LogP contribution in [0.3, 0.4) is 0 Å². The monoisotopic (exact) mass is 289 g/mol. The van der Waals surface area contributed by atoms with Crippen LogP contribution in [-0.4, -0.2) is 22.2 Å². The molecule has 0 fully saturated rings. The molecule has 3 aromatic rings. The van der Waals surface area contributed by atoms with Gasteiger partial charge in [-0.05, 0) is 18.2 Å². The highest BCUT2D eigenvalue weighted by molar-refractivity contribution is 6.33. The van der Waals surface area contributed by atoms with Crippen molar-refractivity contribution in [3.63, 3.8) is 0 Å². The van der Waals surface area contributed by atoms with E-state index in [1.54, 1.807) is 37.4 Å². The average molecular weight is 290 g/mol. The van der Waals surface area contributed by atoms with Crippen LogP contribution in [-0.2, 0) is 0 Å². The number of ether oxygens (including phenoxy) is 1. The number of aromatic hydroxyl groups is 1. The van der Waals surface area contributed by atoms with Crippen molar-refractivity contribution in [1.29, 1.82) is 0 Å². The number of phenolic OH excluding ortho intramolecular Hbond substituents is 1. The SMILES string of the molecule is COc1cc(N)c(Cl)cc1-c1nc2ccc(O)cc2[nH]1. The molecule has 0 saturated heterocycles. The molecule has 2 aromatic carbocycles. The minimum atomic E-state index is 0.176. The minimum absolute atomic E-state index is 0.176. The third-order valence-corrected chi connectivity index (χ3v) is 3.37. The third kappa shape index (κ3) is 2.02. The van der Waals surface area contributed by atoms with E-state index in [1.165, 1.54) is 0 Å². The van der Waals surface area contributed by atoms with Crippen LogP contribution >= 0.6 is 11.6 Å². The molecule has 20 heavy (non-hydrogen) atoms. The Kier molecular flexibility index (Phi) is 2.91. The first-order valence-corrected chi connectivity index (χ1v) is 6.28. The van der Waals surface area contributed by atoms with Crippen molar-refractivity contribution < 1.29 is 9.84 Å². The molecule has 1 heterocycles. The number of benzene rings is 2. The van der Waals surface area contributed by atoms with Gasteiger partial charge in [0.15, 0.2) is 0 Å². The molecule has 0 aliphatic rings. The van der Waals surface area contributed by atoms with Crippen molar-refractivity contribution >= 4 is 28.3 Å². The highest BCUT2D eigenvalue weighted by Gasteiger charge is 2.13. The van der Waals surface area contributed by atoms with Crippen LogP contribution in [0.25, 0.3) is 22.4 Å². The van der Waals surface area contributed by atoms with Gasteiger partial charge in [0.1, 0.15) is 17.3 Å². The molecule has 0 bridgehead atoms. The van der Waals surface area contributed by atoms with Crippen LogP contribution in [0.15, 0.2) is 30.3 Å². The Bertz CT molecular complexity index is 798. The zero-order valence-electron chi connectivity index (χ0n) is 10.6. The number of nitrogen functional groups attached to an aromatic ring is 1. The summed E-state index contributed by atoms with van der Waals surface area (Å²) >= 11 is 6.05. The van der Waals surface area contributed by atoms with E-state index in [4.69, 9.17) is 22.1 Å². The van der Waals surface area contributed by atoms with Crippen LogP contribution < -0.4 is 10.5 Å². The van der Waals surface area contributed by atoms with Gasteiger partial charge in [-0.15, -0.1) is 0 Å². The van der Waals surface area contributed by atoms with Crippen LogP contribution in [0.4, 0.5) is 5.69 Å². The van der Waals surface area contributed by atoms with Gasteiger partial charge in [0.2, 0.25) is 0 Å². The van der Waals surface area contributed by atoms with E-state index in [0.29, 0.717) is 27.8 Å². The second-order valence-electron chi connectivity index (χ2n) is 4.36. The number of methoxy groups -OCH3 is 1. The molecule has 0 atom stereocenters. The standard InChI is InChI=1S/C14H12ClN3O2/c1-20-13-6-10(16)9(15)5-8(13)14-17-11-3-2-7(19)4-12(11)18-14/h2-6,19H,16H2,1H3,(H,17,18). The Balaban J connectivity index is 2.22. The second kappa shape index (κ2) is 4.61. The number of phenols is 1. The van der Waals surface area contributed by atoms with Crippen LogP contribution in [0, 0.1) is 0 Å². The number of aromatic nitrogens is 2. The Morgan fingerprint density at radius 2 is 2.10 bits per heavy atom. The lowest BCUT2D eigenvalue weighted by molar-refractivity contribution is 0.416. The van der Waals surface area contributed by atoms with Gasteiger partial charge >= 0.3 is 0 Å². The molecule has 6 heteroatoms. The predicted octanol–water partition coefficient (Wildman–Crippen LogP) is 3.18. The highest BCUT2D eigenvalue weighted by Crippen LogP contribution is 2.35. The lowest BCUT2D eigenvalue weighted by atomic mass is 10.1. The van der Waals surface area contributed by atoms with Gasteiger partial charge in [-0.1, -0.05) is 11.6 Å². The van der Waals surface area contributed by atoms with Gasteiger partial charge in [0, 0.05) is 12.1 Å². The largest absolute Gasteiger partial charge is 0.508 e. The van der Waals surface area contributed by atoms with Crippen molar-refractivity contribution in [2.75, 3.05) is 12.8 Å². The molecule has 0 spiro atoms. The molecule has 4 N–H and O–H groups in total. The predicted molar refractivity (Wildman–Crippen MR) is 79.2 cm³/mol. The second-order valence-corrected chi connectivity index (χ2v) is 4.77. The maximum atomic E-state index is 9.48. The Labute approximate surface area is 120 Å². The molecule has 0 unspecified atom stereocenters. The van der Waals surface area contributed by atoms with Crippen molar-refractivity contribution in [3.8, 4) is 22.9 Å². The number of H-pyrrole nitrogens is 1. The molecule has 0 saturated carbocycles. The number of aromatic amines is 1. The quantitative estimate of drug-likeness (QED) is 0.633. The first kappa shape index (κ1) is 12.6. The highest BCUT2D eigenvalue weighted by atomic mass is 35.5. The normalized spacial score (nSPS) is 10.9. The molecular weight excluding hydrogens is 278 g/mol. The van der Waals surface area contributed by atoms with E-state index >= 15 is 0 Å². The van der Waals surface area contributed by atoms with Crippen LogP contribution in [0.1, 0.15) is 0 Å². The summed E-state index contributed by atoms with van der Waals surface area (Å²) in [5.74, 6) is 1.36. The summed E-state index contributed by atoms with van der Waals surface area (Å²) in [7, 11) is 1.56. The van der Waals surface area contributed by atoms with Crippen molar-refractivity contribution in [2.24, 2.45) is 0 Å². The maximum absolute atomic E-state index is 9.48. The third-order valence-electron chi connectivity index (χ3n) is 3.04. The number of imidazole rings is 1. The Morgan fingerprint density at radius 3 is 2.85 bits per heavy atom. The summed E-state index contributed by atoms with van der Waals surface area (Å²) in [5, 5.41) is 9.92. The fraction of sp³-hybridized carbons (Fsp3) is 0.0714. The van der Waals surface area contributed by atoms with E-state index in [1.807, 2.05) is 0 Å². The van der Waals surface area contributed by atoms with Crippen LogP contribution in [0.2, 0.25) is 5.02 Å². The zero-order chi connectivity index (χ0) is 14.3. The minimum Gasteiger partial charge on any atom is -0.508 e. The van der Waals surface area contributed by atoms with Gasteiger partial charge in [0.25, 0.3) is 0 Å². The number of rotatable bonds is 2. The van der Waals surface area contributed by atoms with Crippen molar-refractivity contribution in [1.82, 2.24) is 9.97 Å². The molecule has 0 radical (unpaired) electrons. The number of nitrogens with two attached hydrogens (primary N) is 1. The van der Waals surface area contributed by atoms with E-state index < -0.39 is 0 Å². The fourth-order valence-corrected chi connectivity index (χ4v) is 2.21. The average Bonchev–Trinajstić information content (AvgIpc) is 2.84.